The second kappa shape index (κ2) is 9.05. The molecule has 32 heavy (non-hydrogen) atoms. The zero-order chi connectivity index (χ0) is 22.1. The number of piperidine rings is 1. The van der Waals surface area contributed by atoms with Crippen molar-refractivity contribution in [3.8, 4) is 5.75 Å². The number of hydrogen-bond acceptors (Lipinski definition) is 6. The molecular formula is C24H27N3O4S. The first-order valence-corrected chi connectivity index (χ1v) is 11.9. The van der Waals surface area contributed by atoms with E-state index in [0.29, 0.717) is 31.6 Å². The minimum Gasteiger partial charge on any atom is -0.488 e. The van der Waals surface area contributed by atoms with Gasteiger partial charge in [-0.05, 0) is 30.5 Å². The molecule has 1 atom stereocenters. The summed E-state index contributed by atoms with van der Waals surface area (Å²) in [6.07, 6.45) is 1.32. The van der Waals surface area contributed by atoms with E-state index in [9.17, 15) is 9.59 Å². The quantitative estimate of drug-likeness (QED) is 0.728. The number of rotatable bonds is 6. The SMILES string of the molecule is C=C1CC[C@H](N2Cc3c(csc3COc3cccc(CN4CCOCC4)c3)C2=O)C(=O)N1. The molecule has 4 heterocycles. The van der Waals surface area contributed by atoms with Gasteiger partial charge in [-0.2, -0.15) is 0 Å². The molecule has 0 spiro atoms. The van der Waals surface area contributed by atoms with E-state index in [-0.39, 0.29) is 11.8 Å². The number of hydrogen-bond donors (Lipinski definition) is 1. The van der Waals surface area contributed by atoms with Gasteiger partial charge in [0, 0.05) is 47.7 Å². The van der Waals surface area contributed by atoms with E-state index in [2.05, 4.69) is 28.9 Å². The second-order valence-electron chi connectivity index (χ2n) is 8.46. The van der Waals surface area contributed by atoms with Crippen molar-refractivity contribution in [3.05, 3.63) is 63.5 Å². The fourth-order valence-corrected chi connectivity index (χ4v) is 5.45. The van der Waals surface area contributed by atoms with Gasteiger partial charge < -0.3 is 19.7 Å². The monoisotopic (exact) mass is 453 g/mol. The molecule has 0 unspecified atom stereocenters. The highest BCUT2D eigenvalue weighted by Crippen LogP contribution is 2.34. The van der Waals surface area contributed by atoms with E-state index in [1.54, 1.807) is 16.2 Å². The molecule has 7 nitrogen and oxygen atoms in total. The first-order valence-electron chi connectivity index (χ1n) is 11.0. The molecule has 0 aliphatic carbocycles. The second-order valence-corrected chi connectivity index (χ2v) is 9.42. The van der Waals surface area contributed by atoms with E-state index in [1.165, 1.54) is 5.56 Å². The Morgan fingerprint density at radius 2 is 2.09 bits per heavy atom. The van der Waals surface area contributed by atoms with Gasteiger partial charge in [-0.15, -0.1) is 11.3 Å². The third-order valence-corrected chi connectivity index (χ3v) is 7.28. The number of benzene rings is 1. The summed E-state index contributed by atoms with van der Waals surface area (Å²) in [6.45, 7) is 9.04. The van der Waals surface area contributed by atoms with Crippen LogP contribution in [0.4, 0.5) is 0 Å². The summed E-state index contributed by atoms with van der Waals surface area (Å²) in [6, 6.07) is 7.75. The lowest BCUT2D eigenvalue weighted by molar-refractivity contribution is -0.126. The Kier molecular flexibility index (Phi) is 5.99. The van der Waals surface area contributed by atoms with Crippen LogP contribution in [0.2, 0.25) is 0 Å². The van der Waals surface area contributed by atoms with Crippen molar-refractivity contribution in [3.63, 3.8) is 0 Å². The zero-order valence-electron chi connectivity index (χ0n) is 18.0. The average Bonchev–Trinajstić information content (AvgIpc) is 3.33. The highest BCUT2D eigenvalue weighted by atomic mass is 32.1. The smallest absolute Gasteiger partial charge is 0.256 e. The summed E-state index contributed by atoms with van der Waals surface area (Å²) in [5, 5.41) is 4.68. The van der Waals surface area contributed by atoms with Crippen LogP contribution in [0.5, 0.6) is 5.75 Å². The van der Waals surface area contributed by atoms with Gasteiger partial charge in [-0.25, -0.2) is 0 Å². The highest BCUT2D eigenvalue weighted by molar-refractivity contribution is 7.10. The molecule has 0 saturated carbocycles. The number of morpholine rings is 1. The molecule has 2 saturated heterocycles. The maximum Gasteiger partial charge on any atom is 0.256 e. The molecule has 5 rings (SSSR count). The van der Waals surface area contributed by atoms with Crippen LogP contribution >= 0.6 is 11.3 Å². The van der Waals surface area contributed by atoms with Crippen LogP contribution in [-0.4, -0.2) is 54.0 Å². The summed E-state index contributed by atoms with van der Waals surface area (Å²) >= 11 is 1.55. The van der Waals surface area contributed by atoms with Crippen molar-refractivity contribution in [1.82, 2.24) is 15.1 Å². The number of nitrogens with one attached hydrogen (secondary N) is 1. The minimum absolute atomic E-state index is 0.0670. The van der Waals surface area contributed by atoms with Gasteiger partial charge in [0.1, 0.15) is 18.4 Å². The molecule has 2 aromatic rings. The molecule has 168 valence electrons. The van der Waals surface area contributed by atoms with Crippen molar-refractivity contribution in [2.24, 2.45) is 0 Å². The Bertz CT molecular complexity index is 1040. The van der Waals surface area contributed by atoms with Crippen LogP contribution in [0, 0.1) is 0 Å². The minimum atomic E-state index is -0.434. The fraction of sp³-hybridized carbons (Fsp3) is 0.417. The van der Waals surface area contributed by atoms with E-state index in [4.69, 9.17) is 9.47 Å². The summed E-state index contributed by atoms with van der Waals surface area (Å²) in [5.74, 6) is 0.616. The number of nitrogens with zero attached hydrogens (tertiary/aromatic N) is 2. The summed E-state index contributed by atoms with van der Waals surface area (Å²) in [5.41, 5.74) is 3.62. The third-order valence-electron chi connectivity index (χ3n) is 6.28. The lowest BCUT2D eigenvalue weighted by Crippen LogP contribution is -2.49. The predicted octanol–water partition coefficient (Wildman–Crippen LogP) is 2.91. The molecule has 2 amide bonds. The lowest BCUT2D eigenvalue weighted by Gasteiger charge is -2.31. The molecule has 3 aliphatic rings. The third kappa shape index (κ3) is 4.30. The normalized spacial score (nSPS) is 21.6. The van der Waals surface area contributed by atoms with Crippen molar-refractivity contribution in [2.75, 3.05) is 26.3 Å². The standard InChI is InChI=1S/C24H27N3O4S/c1-16-5-6-21(23(28)25-16)27-13-19-20(24(27)29)15-32-22(19)14-31-18-4-2-3-17(11-18)12-26-7-9-30-10-8-26/h2-4,11,15,21H,1,5-10,12-14H2,(H,25,28)/t21-/m0/s1. The maximum absolute atomic E-state index is 12.9. The van der Waals surface area contributed by atoms with Crippen LogP contribution in [0.15, 0.2) is 41.9 Å². The van der Waals surface area contributed by atoms with Gasteiger partial charge in [0.15, 0.2) is 0 Å². The number of carbonyl (C=O) groups is 2. The molecule has 1 N–H and O–H groups in total. The number of ether oxygens (including phenoxy) is 2. The molecule has 8 heteroatoms. The average molecular weight is 454 g/mol. The number of fused-ring (bicyclic) bond motifs is 1. The Morgan fingerprint density at radius 1 is 1.25 bits per heavy atom. The van der Waals surface area contributed by atoms with Crippen molar-refractivity contribution in [2.45, 2.75) is 38.6 Å². The van der Waals surface area contributed by atoms with Gasteiger partial charge in [0.25, 0.3) is 5.91 Å². The van der Waals surface area contributed by atoms with Gasteiger partial charge in [-0.3, -0.25) is 14.5 Å². The number of amides is 2. The van der Waals surface area contributed by atoms with E-state index in [0.717, 1.165) is 54.7 Å². The molecule has 3 aliphatic heterocycles. The summed E-state index contributed by atoms with van der Waals surface area (Å²) < 4.78 is 11.5. The number of carbonyl (C=O) groups excluding carboxylic acids is 2. The van der Waals surface area contributed by atoms with Gasteiger partial charge >= 0.3 is 0 Å². The Balaban J connectivity index is 1.23. The van der Waals surface area contributed by atoms with Crippen LogP contribution in [0.3, 0.4) is 0 Å². The Hall–Kier alpha value is -2.68. The van der Waals surface area contributed by atoms with Crippen molar-refractivity contribution >= 4 is 23.2 Å². The molecular weight excluding hydrogens is 426 g/mol. The zero-order valence-corrected chi connectivity index (χ0v) is 18.8. The first kappa shape index (κ1) is 21.2. The largest absolute Gasteiger partial charge is 0.488 e. The topological polar surface area (TPSA) is 71.1 Å². The fourth-order valence-electron chi connectivity index (χ4n) is 4.50. The van der Waals surface area contributed by atoms with Crippen LogP contribution in [-0.2, 0) is 29.2 Å². The van der Waals surface area contributed by atoms with Gasteiger partial charge in [0.2, 0.25) is 5.91 Å². The summed E-state index contributed by atoms with van der Waals surface area (Å²) in [4.78, 5) is 30.4. The van der Waals surface area contributed by atoms with E-state index < -0.39 is 6.04 Å². The van der Waals surface area contributed by atoms with Crippen LogP contribution in [0.25, 0.3) is 0 Å². The van der Waals surface area contributed by atoms with Crippen molar-refractivity contribution in [1.29, 1.82) is 0 Å². The molecule has 0 radical (unpaired) electrons. The highest BCUT2D eigenvalue weighted by Gasteiger charge is 2.39. The maximum atomic E-state index is 12.9. The predicted molar refractivity (Wildman–Crippen MR) is 121 cm³/mol. The van der Waals surface area contributed by atoms with Crippen LogP contribution < -0.4 is 10.1 Å². The molecule has 2 fully saturated rings. The number of allylic oxidation sites excluding steroid dienone is 1. The van der Waals surface area contributed by atoms with Gasteiger partial charge in [0.05, 0.1) is 18.8 Å². The molecule has 0 bridgehead atoms. The molecule has 1 aromatic carbocycles. The van der Waals surface area contributed by atoms with E-state index in [1.807, 2.05) is 17.5 Å². The van der Waals surface area contributed by atoms with Gasteiger partial charge in [-0.1, -0.05) is 18.7 Å². The van der Waals surface area contributed by atoms with Crippen LogP contribution in [0.1, 0.15) is 39.2 Å². The van der Waals surface area contributed by atoms with E-state index >= 15 is 0 Å². The number of thiophene rings is 1. The summed E-state index contributed by atoms with van der Waals surface area (Å²) in [7, 11) is 0. The van der Waals surface area contributed by atoms with Crippen molar-refractivity contribution < 1.29 is 19.1 Å². The molecule has 1 aromatic heterocycles. The Morgan fingerprint density at radius 3 is 2.91 bits per heavy atom. The Labute approximate surface area is 191 Å². The lowest BCUT2D eigenvalue weighted by atomic mass is 10.0. The first-order chi connectivity index (χ1) is 15.6.